The molecule has 11 heteroatoms. The highest BCUT2D eigenvalue weighted by Gasteiger charge is 2.33. The summed E-state index contributed by atoms with van der Waals surface area (Å²) < 4.78 is 54.6. The van der Waals surface area contributed by atoms with Gasteiger partial charge in [0.25, 0.3) is 0 Å². The van der Waals surface area contributed by atoms with E-state index in [0.29, 0.717) is 27.8 Å². The van der Waals surface area contributed by atoms with Crippen LogP contribution < -0.4 is 9.47 Å². The second kappa shape index (κ2) is 12.0. The van der Waals surface area contributed by atoms with Gasteiger partial charge in [-0.3, -0.25) is 0 Å². The molecule has 1 N–H and O–H groups in total. The summed E-state index contributed by atoms with van der Waals surface area (Å²) in [5.41, 5.74) is 1.85. The van der Waals surface area contributed by atoms with E-state index in [2.05, 4.69) is 9.89 Å². The Morgan fingerprint density at radius 3 is 2.56 bits per heavy atom. The Morgan fingerprint density at radius 1 is 1.10 bits per heavy atom. The smallest absolute Gasteiger partial charge is 0.489 e. The van der Waals surface area contributed by atoms with E-state index in [0.717, 1.165) is 10.5 Å². The molecule has 0 unspecified atom stereocenters. The first kappa shape index (κ1) is 28.4. The normalized spacial score (nSPS) is 11.6. The molecule has 39 heavy (non-hydrogen) atoms. The molecule has 1 heterocycles. The van der Waals surface area contributed by atoms with E-state index in [4.69, 9.17) is 20.9 Å². The Labute approximate surface area is 231 Å². The predicted molar refractivity (Wildman–Crippen MR) is 141 cm³/mol. The summed E-state index contributed by atoms with van der Waals surface area (Å²) in [6.45, 7) is 3.72. The van der Waals surface area contributed by atoms with Crippen molar-refractivity contribution in [1.29, 1.82) is 0 Å². The number of nitrogens with zero attached hydrogens (tertiary/aromatic N) is 1. The van der Waals surface area contributed by atoms with Crippen LogP contribution in [-0.4, -0.2) is 22.6 Å². The zero-order chi connectivity index (χ0) is 28.2. The highest BCUT2D eigenvalue weighted by atomic mass is 35.5. The number of carboxylic acid groups (broad SMARTS) is 1. The fourth-order valence-corrected chi connectivity index (χ4v) is 5.05. The van der Waals surface area contributed by atoms with E-state index in [1.807, 2.05) is 19.9 Å². The van der Waals surface area contributed by atoms with Crippen molar-refractivity contribution >= 4 is 29.3 Å². The maximum Gasteiger partial charge on any atom is 0.573 e. The van der Waals surface area contributed by atoms with E-state index in [9.17, 15) is 23.1 Å². The molecule has 204 valence electrons. The number of aromatic carboxylic acids is 1. The number of hydrogen-bond donors (Lipinski definition) is 1. The quantitative estimate of drug-likeness (QED) is 0.189. The summed E-state index contributed by atoms with van der Waals surface area (Å²) in [4.78, 5) is 12.0. The lowest BCUT2D eigenvalue weighted by Crippen LogP contribution is -2.17. The Balaban J connectivity index is 1.52. The van der Waals surface area contributed by atoms with Crippen molar-refractivity contribution in [2.45, 2.75) is 43.4 Å². The second-order valence-corrected chi connectivity index (χ2v) is 10.2. The maximum atomic E-state index is 13.0. The topological polar surface area (TPSA) is 81.8 Å². The highest BCUT2D eigenvalue weighted by molar-refractivity contribution is 7.98. The molecule has 1 aromatic heterocycles. The number of rotatable bonds is 10. The number of hydrogen-bond acceptors (Lipinski definition) is 6. The molecule has 0 saturated carbocycles. The van der Waals surface area contributed by atoms with Crippen LogP contribution in [0.15, 0.2) is 76.1 Å². The van der Waals surface area contributed by atoms with Gasteiger partial charge in [-0.15, -0.1) is 24.9 Å². The first-order valence-corrected chi connectivity index (χ1v) is 13.1. The summed E-state index contributed by atoms with van der Waals surface area (Å²) >= 11 is 7.93. The van der Waals surface area contributed by atoms with Gasteiger partial charge in [-0.05, 0) is 48.0 Å². The molecule has 6 nitrogen and oxygen atoms in total. The first-order valence-electron chi connectivity index (χ1n) is 11.7. The third-order valence-corrected chi connectivity index (χ3v) is 6.99. The van der Waals surface area contributed by atoms with Crippen LogP contribution in [-0.2, 0) is 12.4 Å². The van der Waals surface area contributed by atoms with Crippen LogP contribution in [0, 0.1) is 0 Å². The lowest BCUT2D eigenvalue weighted by atomic mass is 10.0. The number of thioether (sulfide) groups is 1. The standard InChI is InChI=1S/C28H23ClF3NO5S/c1-16(2)26-22(25(33-38-26)21-8-3-4-9-24(21)37-28(30,31)32)14-36-19-11-10-18(23(29)13-19)15-39-20-7-5-6-17(12-20)27(34)35/h3-13,16H,14-15H2,1-2H3,(H,34,35). The molecule has 4 rings (SSSR count). The number of ether oxygens (including phenoxy) is 2. The lowest BCUT2D eigenvalue weighted by molar-refractivity contribution is -0.274. The van der Waals surface area contributed by atoms with Crippen molar-refractivity contribution in [2.75, 3.05) is 0 Å². The van der Waals surface area contributed by atoms with E-state index in [1.54, 1.807) is 36.4 Å². The minimum Gasteiger partial charge on any atom is -0.489 e. The van der Waals surface area contributed by atoms with Gasteiger partial charge in [0.2, 0.25) is 0 Å². The van der Waals surface area contributed by atoms with Crippen molar-refractivity contribution in [3.63, 3.8) is 0 Å². The number of para-hydroxylation sites is 1. The largest absolute Gasteiger partial charge is 0.573 e. The van der Waals surface area contributed by atoms with Crippen molar-refractivity contribution in [3.8, 4) is 22.8 Å². The van der Waals surface area contributed by atoms with E-state index < -0.39 is 18.1 Å². The van der Waals surface area contributed by atoms with Crippen LogP contribution in [0.2, 0.25) is 5.02 Å². The SMILES string of the molecule is CC(C)c1onc(-c2ccccc2OC(F)(F)F)c1COc1ccc(CSc2cccc(C(=O)O)c2)c(Cl)c1. The van der Waals surface area contributed by atoms with Gasteiger partial charge in [-0.25, -0.2) is 4.79 Å². The monoisotopic (exact) mass is 577 g/mol. The number of benzene rings is 3. The van der Waals surface area contributed by atoms with Crippen LogP contribution in [0.25, 0.3) is 11.3 Å². The molecule has 4 aromatic rings. The number of carbonyl (C=O) groups is 1. The average molecular weight is 578 g/mol. The number of aromatic nitrogens is 1. The van der Waals surface area contributed by atoms with Gasteiger partial charge in [-0.2, -0.15) is 0 Å². The molecule has 3 aromatic carbocycles. The Morgan fingerprint density at radius 2 is 1.87 bits per heavy atom. The minimum atomic E-state index is -4.87. The Hall–Kier alpha value is -3.63. The zero-order valence-electron chi connectivity index (χ0n) is 20.8. The summed E-state index contributed by atoms with van der Waals surface area (Å²) in [5.74, 6) is -0.0644. The summed E-state index contributed by atoms with van der Waals surface area (Å²) in [5, 5.41) is 13.7. The van der Waals surface area contributed by atoms with Gasteiger partial charge < -0.3 is 19.1 Å². The van der Waals surface area contributed by atoms with Gasteiger partial charge in [0.05, 0.1) is 11.1 Å². The Kier molecular flexibility index (Phi) is 8.76. The zero-order valence-corrected chi connectivity index (χ0v) is 22.4. The van der Waals surface area contributed by atoms with E-state index in [1.165, 1.54) is 36.0 Å². The van der Waals surface area contributed by atoms with E-state index >= 15 is 0 Å². The molecule has 0 aliphatic carbocycles. The van der Waals surface area contributed by atoms with Crippen LogP contribution in [0.3, 0.4) is 0 Å². The Bertz CT molecular complexity index is 1470. The minimum absolute atomic E-state index is 0.0287. The molecule has 0 spiro atoms. The lowest BCUT2D eigenvalue weighted by Gasteiger charge is -2.14. The highest BCUT2D eigenvalue weighted by Crippen LogP contribution is 2.38. The molecule has 0 atom stereocenters. The van der Waals surface area contributed by atoms with Gasteiger partial charge in [-0.1, -0.05) is 54.9 Å². The third-order valence-electron chi connectivity index (χ3n) is 5.59. The molecule has 0 radical (unpaired) electrons. The van der Waals surface area contributed by atoms with Gasteiger partial charge in [0.1, 0.15) is 29.6 Å². The summed E-state index contributed by atoms with van der Waals surface area (Å²) in [6, 6.07) is 17.5. The summed E-state index contributed by atoms with van der Waals surface area (Å²) in [6.07, 6.45) is -4.87. The molecule has 0 bridgehead atoms. The number of carboxylic acids is 1. The predicted octanol–water partition coefficient (Wildman–Crippen LogP) is 8.59. The molecule has 0 amide bonds. The molecular formula is C28H23ClF3NO5S. The van der Waals surface area contributed by atoms with Crippen LogP contribution in [0.5, 0.6) is 11.5 Å². The number of alkyl halides is 3. The van der Waals surface area contributed by atoms with E-state index in [-0.39, 0.29) is 29.3 Å². The first-order chi connectivity index (χ1) is 18.5. The fourth-order valence-electron chi connectivity index (χ4n) is 3.77. The molecule has 0 aliphatic heterocycles. The third kappa shape index (κ3) is 7.27. The van der Waals surface area contributed by atoms with Crippen molar-refractivity contribution in [1.82, 2.24) is 5.16 Å². The van der Waals surface area contributed by atoms with Gasteiger partial charge in [0.15, 0.2) is 0 Å². The second-order valence-electron chi connectivity index (χ2n) is 8.74. The van der Waals surface area contributed by atoms with Crippen LogP contribution in [0.1, 0.15) is 47.0 Å². The maximum absolute atomic E-state index is 13.0. The average Bonchev–Trinajstić information content (AvgIpc) is 3.30. The fraction of sp³-hybridized carbons (Fsp3) is 0.214. The molecular weight excluding hydrogens is 555 g/mol. The summed E-state index contributed by atoms with van der Waals surface area (Å²) in [7, 11) is 0. The molecule has 0 aliphatic rings. The van der Waals surface area contributed by atoms with Crippen LogP contribution in [0.4, 0.5) is 13.2 Å². The molecule has 0 fully saturated rings. The molecule has 0 saturated heterocycles. The van der Waals surface area contributed by atoms with Gasteiger partial charge >= 0.3 is 12.3 Å². The van der Waals surface area contributed by atoms with Crippen molar-refractivity contribution < 1.29 is 37.1 Å². The van der Waals surface area contributed by atoms with Gasteiger partial charge in [0, 0.05) is 27.2 Å². The van der Waals surface area contributed by atoms with Crippen molar-refractivity contribution in [3.05, 3.63) is 94.2 Å². The van der Waals surface area contributed by atoms with Crippen LogP contribution >= 0.6 is 23.4 Å². The van der Waals surface area contributed by atoms with Crippen molar-refractivity contribution in [2.24, 2.45) is 0 Å². The number of halogens is 4.